The van der Waals surface area contributed by atoms with Gasteiger partial charge in [-0.1, -0.05) is 6.07 Å². The Hall–Kier alpha value is -2.15. The molecule has 0 aliphatic carbocycles. The minimum Gasteiger partial charge on any atom is -0.504 e. The molecule has 7 heteroatoms. The van der Waals surface area contributed by atoms with Crippen molar-refractivity contribution in [3.05, 3.63) is 29.6 Å². The van der Waals surface area contributed by atoms with Gasteiger partial charge in [0, 0.05) is 25.7 Å². The number of nitrogens with zero attached hydrogens (tertiary/aromatic N) is 2. The number of carbonyl (C=O) groups excluding carboxylic acids is 1. The minimum atomic E-state index is -0.797. The number of rotatable bonds is 3. The lowest BCUT2D eigenvalue weighted by Crippen LogP contribution is -2.50. The molecule has 0 spiro atoms. The Balaban J connectivity index is 1.59. The van der Waals surface area contributed by atoms with Crippen molar-refractivity contribution < 1.29 is 24.2 Å². The number of piperidine rings is 2. The molecule has 0 bridgehead atoms. The van der Waals surface area contributed by atoms with Gasteiger partial charge in [-0.3, -0.25) is 14.5 Å². The number of carboxylic acid groups (broad SMARTS) is 1. The smallest absolute Gasteiger partial charge is 0.307 e. The summed E-state index contributed by atoms with van der Waals surface area (Å²) in [5.41, 5.74) is -0.0117. The summed E-state index contributed by atoms with van der Waals surface area (Å²) in [6.07, 6.45) is 3.12. The van der Waals surface area contributed by atoms with E-state index >= 15 is 0 Å². The summed E-state index contributed by atoms with van der Waals surface area (Å²) in [7, 11) is 0. The molecule has 1 atom stereocenters. The summed E-state index contributed by atoms with van der Waals surface area (Å²) in [4.78, 5) is 27.6. The summed E-state index contributed by atoms with van der Waals surface area (Å²) in [5.74, 6) is -2.81. The van der Waals surface area contributed by atoms with Crippen molar-refractivity contribution in [3.63, 3.8) is 0 Å². The predicted molar refractivity (Wildman–Crippen MR) is 88.9 cm³/mol. The van der Waals surface area contributed by atoms with Crippen LogP contribution in [0.5, 0.6) is 5.75 Å². The van der Waals surface area contributed by atoms with Gasteiger partial charge in [0.25, 0.3) is 5.91 Å². The molecular weight excluding hydrogens is 327 g/mol. The summed E-state index contributed by atoms with van der Waals surface area (Å²) < 4.78 is 13.4. The van der Waals surface area contributed by atoms with Crippen molar-refractivity contribution in [2.24, 2.45) is 5.92 Å². The van der Waals surface area contributed by atoms with Crippen LogP contribution < -0.4 is 0 Å². The number of amides is 1. The fourth-order valence-electron chi connectivity index (χ4n) is 3.83. The molecule has 0 unspecified atom stereocenters. The van der Waals surface area contributed by atoms with E-state index in [1.807, 2.05) is 0 Å². The maximum absolute atomic E-state index is 13.4. The SMILES string of the molecule is O=C(O)[C@@H]1CCCN(C2CCN(C(=O)c3cccc(F)c3O)CC2)C1. The van der Waals surface area contributed by atoms with Crippen LogP contribution in [-0.4, -0.2) is 64.1 Å². The van der Waals surface area contributed by atoms with Gasteiger partial charge in [-0.15, -0.1) is 0 Å². The normalized spacial score (nSPS) is 22.8. The van der Waals surface area contributed by atoms with Gasteiger partial charge in [0.15, 0.2) is 11.6 Å². The molecule has 2 aliphatic rings. The number of para-hydroxylation sites is 1. The van der Waals surface area contributed by atoms with Crippen LogP contribution in [0.1, 0.15) is 36.0 Å². The zero-order chi connectivity index (χ0) is 18.0. The summed E-state index contributed by atoms with van der Waals surface area (Å²) in [5, 5.41) is 19.0. The van der Waals surface area contributed by atoms with Crippen LogP contribution in [0.2, 0.25) is 0 Å². The number of hydrogen-bond acceptors (Lipinski definition) is 4. The maximum Gasteiger partial charge on any atom is 0.307 e. The molecule has 3 rings (SSSR count). The number of carbonyl (C=O) groups is 2. The second-order valence-electron chi connectivity index (χ2n) is 6.83. The second kappa shape index (κ2) is 7.39. The van der Waals surface area contributed by atoms with E-state index in [-0.39, 0.29) is 23.4 Å². The van der Waals surface area contributed by atoms with Crippen molar-refractivity contribution in [2.75, 3.05) is 26.2 Å². The molecule has 1 aromatic rings. The van der Waals surface area contributed by atoms with Gasteiger partial charge in [0.1, 0.15) is 0 Å². The first-order chi connectivity index (χ1) is 12.0. The Bertz CT molecular complexity index is 658. The number of phenolic OH excluding ortho intramolecular Hbond substituents is 1. The molecular formula is C18H23FN2O4. The van der Waals surface area contributed by atoms with E-state index in [1.165, 1.54) is 12.1 Å². The molecule has 25 heavy (non-hydrogen) atoms. The third-order valence-electron chi connectivity index (χ3n) is 5.29. The minimum absolute atomic E-state index is 0.0117. The van der Waals surface area contributed by atoms with E-state index in [4.69, 9.17) is 0 Å². The van der Waals surface area contributed by atoms with Gasteiger partial charge < -0.3 is 15.1 Å². The molecule has 136 valence electrons. The number of carboxylic acids is 1. The van der Waals surface area contributed by atoms with Crippen molar-refractivity contribution in [3.8, 4) is 5.75 Å². The Morgan fingerprint density at radius 2 is 1.84 bits per heavy atom. The molecule has 1 aromatic carbocycles. The lowest BCUT2D eigenvalue weighted by Gasteiger charge is -2.41. The van der Waals surface area contributed by atoms with Gasteiger partial charge in [0.2, 0.25) is 0 Å². The van der Waals surface area contributed by atoms with Crippen LogP contribution in [-0.2, 0) is 4.79 Å². The van der Waals surface area contributed by atoms with Gasteiger partial charge in [-0.2, -0.15) is 0 Å². The maximum atomic E-state index is 13.4. The first-order valence-corrected chi connectivity index (χ1v) is 8.71. The third kappa shape index (κ3) is 3.76. The van der Waals surface area contributed by atoms with Crippen molar-refractivity contribution in [1.82, 2.24) is 9.80 Å². The van der Waals surface area contributed by atoms with Crippen molar-refractivity contribution in [1.29, 1.82) is 0 Å². The Morgan fingerprint density at radius 3 is 2.52 bits per heavy atom. The second-order valence-corrected chi connectivity index (χ2v) is 6.83. The Labute approximate surface area is 145 Å². The lowest BCUT2D eigenvalue weighted by atomic mass is 9.94. The number of hydrogen-bond donors (Lipinski definition) is 2. The number of aliphatic carboxylic acids is 1. The molecule has 0 saturated carbocycles. The highest BCUT2D eigenvalue weighted by Crippen LogP contribution is 2.27. The number of likely N-dealkylation sites (tertiary alicyclic amines) is 2. The van der Waals surface area contributed by atoms with Crippen LogP contribution in [0.25, 0.3) is 0 Å². The fraction of sp³-hybridized carbons (Fsp3) is 0.556. The fourth-order valence-corrected chi connectivity index (χ4v) is 3.83. The van der Waals surface area contributed by atoms with Gasteiger partial charge in [0.05, 0.1) is 11.5 Å². The van der Waals surface area contributed by atoms with E-state index in [0.717, 1.165) is 38.3 Å². The molecule has 2 fully saturated rings. The highest BCUT2D eigenvalue weighted by Gasteiger charge is 2.33. The standard InChI is InChI=1S/C18H23FN2O4/c19-15-5-1-4-14(16(15)22)17(23)20-9-6-13(7-10-20)21-8-2-3-12(11-21)18(24)25/h1,4-5,12-13,22H,2-3,6-11H2,(H,24,25)/t12-/m1/s1. The van der Waals surface area contributed by atoms with Crippen LogP contribution >= 0.6 is 0 Å². The van der Waals surface area contributed by atoms with E-state index < -0.39 is 17.5 Å². The van der Waals surface area contributed by atoms with Crippen molar-refractivity contribution >= 4 is 11.9 Å². The van der Waals surface area contributed by atoms with Gasteiger partial charge in [-0.05, 0) is 44.4 Å². The molecule has 0 aromatic heterocycles. The van der Waals surface area contributed by atoms with Gasteiger partial charge in [-0.25, -0.2) is 4.39 Å². The topological polar surface area (TPSA) is 81.1 Å². The Morgan fingerprint density at radius 1 is 1.12 bits per heavy atom. The molecule has 6 nitrogen and oxygen atoms in total. The van der Waals surface area contributed by atoms with Crippen LogP contribution in [0.4, 0.5) is 4.39 Å². The average Bonchev–Trinajstić information content (AvgIpc) is 2.63. The zero-order valence-corrected chi connectivity index (χ0v) is 14.0. The molecule has 2 heterocycles. The molecule has 0 radical (unpaired) electrons. The highest BCUT2D eigenvalue weighted by molar-refractivity contribution is 5.96. The summed E-state index contributed by atoms with van der Waals surface area (Å²) >= 11 is 0. The quantitative estimate of drug-likeness (QED) is 0.871. The lowest BCUT2D eigenvalue weighted by molar-refractivity contribution is -0.144. The average molecular weight is 350 g/mol. The highest BCUT2D eigenvalue weighted by atomic mass is 19.1. The first-order valence-electron chi connectivity index (χ1n) is 8.71. The number of phenols is 1. The van der Waals surface area contributed by atoms with Crippen LogP contribution in [0.15, 0.2) is 18.2 Å². The Kier molecular flexibility index (Phi) is 5.22. The molecule has 1 amide bonds. The monoisotopic (exact) mass is 350 g/mol. The van der Waals surface area contributed by atoms with Crippen LogP contribution in [0, 0.1) is 11.7 Å². The van der Waals surface area contributed by atoms with E-state index in [1.54, 1.807) is 4.90 Å². The van der Waals surface area contributed by atoms with E-state index in [9.17, 15) is 24.2 Å². The summed E-state index contributed by atoms with van der Waals surface area (Å²) in [6.45, 7) is 2.51. The van der Waals surface area contributed by atoms with E-state index in [2.05, 4.69) is 4.90 Å². The van der Waals surface area contributed by atoms with Gasteiger partial charge >= 0.3 is 5.97 Å². The zero-order valence-electron chi connectivity index (χ0n) is 14.0. The van der Waals surface area contributed by atoms with Crippen LogP contribution in [0.3, 0.4) is 0 Å². The molecule has 2 aliphatic heterocycles. The number of halogens is 1. The first kappa shape index (κ1) is 17.7. The molecule has 2 N–H and O–H groups in total. The largest absolute Gasteiger partial charge is 0.504 e. The molecule has 2 saturated heterocycles. The summed E-state index contributed by atoms with van der Waals surface area (Å²) in [6, 6.07) is 4.23. The number of benzene rings is 1. The third-order valence-corrected chi connectivity index (χ3v) is 5.29. The predicted octanol–water partition coefficient (Wildman–Crippen LogP) is 1.93. The van der Waals surface area contributed by atoms with E-state index in [0.29, 0.717) is 19.6 Å². The van der Waals surface area contributed by atoms with Crippen molar-refractivity contribution in [2.45, 2.75) is 31.7 Å². The number of aromatic hydroxyl groups is 1.